The molecule has 39 heavy (non-hydrogen) atoms. The molecule has 0 fully saturated rings. The third-order valence-corrected chi connectivity index (χ3v) is 7.85. The number of halogens is 2. The Kier molecular flexibility index (Phi) is 7.39. The van der Waals surface area contributed by atoms with Gasteiger partial charge in [0.05, 0.1) is 32.4 Å². The first kappa shape index (κ1) is 26.8. The van der Waals surface area contributed by atoms with Gasteiger partial charge in [0.15, 0.2) is 4.80 Å². The Balaban J connectivity index is 1.69. The summed E-state index contributed by atoms with van der Waals surface area (Å²) in [5, 5.41) is 11.6. The smallest absolute Gasteiger partial charge is 0.338 e. The highest BCUT2D eigenvalue weighted by molar-refractivity contribution is 9.10. The number of benzene rings is 2. The maximum atomic E-state index is 13.7. The molecule has 3 heterocycles. The molecule has 0 N–H and O–H groups in total. The Morgan fingerprint density at radius 3 is 2.69 bits per heavy atom. The summed E-state index contributed by atoms with van der Waals surface area (Å²) in [6, 6.07) is 13.7. The summed E-state index contributed by atoms with van der Waals surface area (Å²) in [7, 11) is 0. The van der Waals surface area contributed by atoms with Gasteiger partial charge in [0.1, 0.15) is 17.6 Å². The molecular weight excluding hydrogens is 610 g/mol. The molecule has 0 aliphatic carbocycles. The Labute approximate surface area is 238 Å². The predicted octanol–water partition coefficient (Wildman–Crippen LogP) is 5.38. The normalized spacial score (nSPS) is 15.2. The highest BCUT2D eigenvalue weighted by atomic mass is 79.9. The number of furan rings is 1. The molecule has 0 spiro atoms. The van der Waals surface area contributed by atoms with Crippen LogP contribution in [0.4, 0.5) is 5.69 Å². The molecule has 0 radical (unpaired) electrons. The molecule has 1 aliphatic rings. The molecule has 198 valence electrons. The molecule has 1 atom stereocenters. The van der Waals surface area contributed by atoms with Crippen molar-refractivity contribution < 1.29 is 18.9 Å². The van der Waals surface area contributed by atoms with Crippen molar-refractivity contribution >= 4 is 56.6 Å². The largest absolute Gasteiger partial charge is 0.463 e. The number of non-ortho nitro benzene ring substituents is 1. The molecule has 0 amide bonds. The predicted molar refractivity (Wildman–Crippen MR) is 150 cm³/mol. The van der Waals surface area contributed by atoms with Crippen molar-refractivity contribution in [3.63, 3.8) is 0 Å². The minimum Gasteiger partial charge on any atom is -0.463 e. The van der Waals surface area contributed by atoms with Crippen LogP contribution in [0.3, 0.4) is 0 Å². The molecule has 4 aromatic rings. The molecule has 0 saturated carbocycles. The van der Waals surface area contributed by atoms with Gasteiger partial charge in [0, 0.05) is 22.2 Å². The van der Waals surface area contributed by atoms with E-state index in [0.717, 1.165) is 10.0 Å². The number of hydrogen-bond donors (Lipinski definition) is 0. The zero-order valence-corrected chi connectivity index (χ0v) is 23.7. The highest BCUT2D eigenvalue weighted by Gasteiger charge is 2.35. The van der Waals surface area contributed by atoms with E-state index in [2.05, 4.69) is 20.9 Å². The van der Waals surface area contributed by atoms with Crippen LogP contribution in [0.1, 0.15) is 31.2 Å². The van der Waals surface area contributed by atoms with Crippen LogP contribution in [-0.4, -0.2) is 22.1 Å². The molecule has 2 aromatic heterocycles. The quantitative estimate of drug-likeness (QED) is 0.161. The highest BCUT2D eigenvalue weighted by Crippen LogP contribution is 2.37. The molecule has 0 unspecified atom stereocenters. The molecule has 0 bridgehead atoms. The van der Waals surface area contributed by atoms with Gasteiger partial charge in [-0.05, 0) is 55.8 Å². The van der Waals surface area contributed by atoms with Crippen molar-refractivity contribution in [2.24, 2.45) is 4.99 Å². The van der Waals surface area contributed by atoms with Crippen molar-refractivity contribution in [1.82, 2.24) is 4.57 Å². The van der Waals surface area contributed by atoms with Crippen LogP contribution >= 0.6 is 38.9 Å². The maximum absolute atomic E-state index is 13.7. The Morgan fingerprint density at radius 1 is 1.26 bits per heavy atom. The second-order valence-electron chi connectivity index (χ2n) is 8.48. The first-order valence-corrected chi connectivity index (χ1v) is 13.7. The molecule has 1 aliphatic heterocycles. The lowest BCUT2D eigenvalue weighted by molar-refractivity contribution is -0.384. The van der Waals surface area contributed by atoms with Gasteiger partial charge in [-0.3, -0.25) is 19.5 Å². The second-order valence-corrected chi connectivity index (χ2v) is 10.8. The molecule has 2 aromatic carbocycles. The molecule has 0 saturated heterocycles. The first-order chi connectivity index (χ1) is 18.7. The van der Waals surface area contributed by atoms with Gasteiger partial charge >= 0.3 is 5.97 Å². The van der Waals surface area contributed by atoms with E-state index < -0.39 is 16.9 Å². The van der Waals surface area contributed by atoms with E-state index in [1.54, 1.807) is 32.1 Å². The number of hydrogen-bond acceptors (Lipinski definition) is 8. The monoisotopic (exact) mass is 627 g/mol. The van der Waals surface area contributed by atoms with E-state index in [-0.39, 0.29) is 40.0 Å². The van der Waals surface area contributed by atoms with Crippen LogP contribution in [0, 0.1) is 10.1 Å². The Morgan fingerprint density at radius 2 is 2.00 bits per heavy atom. The second kappa shape index (κ2) is 10.8. The summed E-state index contributed by atoms with van der Waals surface area (Å²) >= 11 is 10.9. The average molecular weight is 629 g/mol. The van der Waals surface area contributed by atoms with E-state index >= 15 is 0 Å². The lowest BCUT2D eigenvalue weighted by atomic mass is 10.0. The number of esters is 1. The number of nitro groups is 1. The van der Waals surface area contributed by atoms with Crippen LogP contribution < -0.4 is 14.9 Å². The molecule has 12 heteroatoms. The van der Waals surface area contributed by atoms with Crippen LogP contribution in [0.5, 0.6) is 0 Å². The zero-order valence-electron chi connectivity index (χ0n) is 20.5. The lowest BCUT2D eigenvalue weighted by Crippen LogP contribution is -2.39. The lowest BCUT2D eigenvalue weighted by Gasteiger charge is -2.22. The van der Waals surface area contributed by atoms with Gasteiger partial charge in [-0.2, -0.15) is 0 Å². The number of nitro benzene ring substituents is 1. The third kappa shape index (κ3) is 5.12. The zero-order chi connectivity index (χ0) is 27.8. The fraction of sp³-hybridized carbons (Fsp3) is 0.148. The summed E-state index contributed by atoms with van der Waals surface area (Å²) in [4.78, 5) is 42.5. The first-order valence-electron chi connectivity index (χ1n) is 11.7. The van der Waals surface area contributed by atoms with Gasteiger partial charge in [-0.1, -0.05) is 51.0 Å². The van der Waals surface area contributed by atoms with E-state index in [1.807, 2.05) is 24.3 Å². The number of allylic oxidation sites excluding steroid dienone is 1. The Hall–Kier alpha value is -3.80. The van der Waals surface area contributed by atoms with Crippen molar-refractivity contribution in [3.05, 3.63) is 116 Å². The number of nitrogens with zero attached hydrogens (tertiary/aromatic N) is 3. The number of ether oxygens (including phenoxy) is 1. The standard InChI is InChI=1S/C27H19BrClN3O6S/c1-3-37-26(34)23-14(2)30-27-31(25(33)22(39-27)12-15-4-6-16(28)7-5-15)24(23)21-11-10-20(38-21)18-13-17(32(35)36)8-9-19(18)29/h4-13,24H,3H2,1-2H3/b22-12-/t24-/m0/s1. The summed E-state index contributed by atoms with van der Waals surface area (Å²) in [6.07, 6.45) is 1.76. The van der Waals surface area contributed by atoms with Crippen molar-refractivity contribution in [3.8, 4) is 11.3 Å². The van der Waals surface area contributed by atoms with Crippen LogP contribution in [-0.2, 0) is 9.53 Å². The number of thiazole rings is 1. The maximum Gasteiger partial charge on any atom is 0.338 e. The van der Waals surface area contributed by atoms with Crippen molar-refractivity contribution in [2.75, 3.05) is 6.61 Å². The van der Waals surface area contributed by atoms with Crippen LogP contribution in [0.25, 0.3) is 17.4 Å². The SMILES string of the molecule is CCOC(=O)C1=C(C)N=c2s/c(=C\c3ccc(Br)cc3)c(=O)n2[C@H]1c1ccc(-c2cc([N+](=O)[O-])ccc2Cl)o1. The Bertz CT molecular complexity index is 1840. The molecule has 9 nitrogen and oxygen atoms in total. The number of carbonyl (C=O) groups excluding carboxylic acids is 1. The number of rotatable bonds is 6. The fourth-order valence-corrected chi connectivity index (χ4v) is 5.75. The van der Waals surface area contributed by atoms with Gasteiger partial charge in [0.2, 0.25) is 0 Å². The van der Waals surface area contributed by atoms with Crippen LogP contribution in [0.15, 0.2) is 84.5 Å². The number of fused-ring (bicyclic) bond motifs is 1. The van der Waals surface area contributed by atoms with Crippen molar-refractivity contribution in [1.29, 1.82) is 0 Å². The fourth-order valence-electron chi connectivity index (χ4n) is 4.23. The van der Waals surface area contributed by atoms with Gasteiger partial charge in [-0.15, -0.1) is 0 Å². The van der Waals surface area contributed by atoms with Gasteiger partial charge in [0.25, 0.3) is 11.2 Å². The van der Waals surface area contributed by atoms with Crippen LogP contribution in [0.2, 0.25) is 5.02 Å². The summed E-state index contributed by atoms with van der Waals surface area (Å²) in [5.41, 5.74) is 1.16. The molecular formula is C27H19BrClN3O6S. The third-order valence-electron chi connectivity index (χ3n) is 6.01. The number of aromatic nitrogens is 1. The summed E-state index contributed by atoms with van der Waals surface area (Å²) < 4.78 is 14.2. The van der Waals surface area contributed by atoms with E-state index in [9.17, 15) is 19.7 Å². The topological polar surface area (TPSA) is 117 Å². The average Bonchev–Trinajstić information content (AvgIpc) is 3.50. The number of carbonyl (C=O) groups is 1. The minimum atomic E-state index is -0.974. The van der Waals surface area contributed by atoms with Gasteiger partial charge in [-0.25, -0.2) is 9.79 Å². The van der Waals surface area contributed by atoms with E-state index in [4.69, 9.17) is 20.8 Å². The van der Waals surface area contributed by atoms with E-state index in [1.165, 1.54) is 34.1 Å². The molecule has 5 rings (SSSR count). The summed E-state index contributed by atoms with van der Waals surface area (Å²) in [6.45, 7) is 3.49. The van der Waals surface area contributed by atoms with Gasteiger partial charge < -0.3 is 9.15 Å². The summed E-state index contributed by atoms with van der Waals surface area (Å²) in [5.74, 6) is -0.132. The minimum absolute atomic E-state index is 0.128. The van der Waals surface area contributed by atoms with Crippen molar-refractivity contribution in [2.45, 2.75) is 19.9 Å². The van der Waals surface area contributed by atoms with E-state index in [0.29, 0.717) is 20.6 Å².